The molecule has 0 radical (unpaired) electrons. The SMILES string of the molecule is CCON=C(COc1ccc(Sc2ccc(OCC=C(Cl)Cl)cc2)cc1)c1ccccc1. The first kappa shape index (κ1) is 24.1. The van der Waals surface area contributed by atoms with Gasteiger partial charge in [0.25, 0.3) is 0 Å². The molecule has 0 heterocycles. The molecule has 0 saturated carbocycles. The van der Waals surface area contributed by atoms with Crippen molar-refractivity contribution in [2.45, 2.75) is 16.7 Å². The third-order valence-electron chi connectivity index (χ3n) is 4.16. The molecule has 0 spiro atoms. The molecule has 7 heteroatoms. The zero-order valence-electron chi connectivity index (χ0n) is 17.5. The van der Waals surface area contributed by atoms with E-state index < -0.39 is 0 Å². The third-order valence-corrected chi connectivity index (χ3v) is 5.48. The smallest absolute Gasteiger partial charge is 0.134 e. The van der Waals surface area contributed by atoms with Gasteiger partial charge in [0.15, 0.2) is 0 Å². The Morgan fingerprint density at radius 2 is 1.44 bits per heavy atom. The summed E-state index contributed by atoms with van der Waals surface area (Å²) in [6.45, 7) is 3.06. The number of oxime groups is 1. The first-order valence-corrected chi connectivity index (χ1v) is 11.6. The van der Waals surface area contributed by atoms with Crippen LogP contribution in [0, 0.1) is 0 Å². The highest BCUT2D eigenvalue weighted by Gasteiger charge is 2.06. The molecule has 0 aromatic heterocycles. The van der Waals surface area contributed by atoms with Crippen LogP contribution in [0.4, 0.5) is 0 Å². The van der Waals surface area contributed by atoms with E-state index in [2.05, 4.69) is 5.16 Å². The van der Waals surface area contributed by atoms with Crippen LogP contribution in [-0.4, -0.2) is 25.5 Å². The van der Waals surface area contributed by atoms with Gasteiger partial charge in [0.2, 0.25) is 0 Å². The molecule has 0 aliphatic rings. The minimum atomic E-state index is 0.197. The fourth-order valence-electron chi connectivity index (χ4n) is 2.63. The van der Waals surface area contributed by atoms with Gasteiger partial charge in [-0.2, -0.15) is 0 Å². The van der Waals surface area contributed by atoms with Crippen molar-refractivity contribution in [2.75, 3.05) is 19.8 Å². The molecule has 0 saturated heterocycles. The molecule has 4 nitrogen and oxygen atoms in total. The van der Waals surface area contributed by atoms with E-state index in [9.17, 15) is 0 Å². The first-order chi connectivity index (χ1) is 15.6. The summed E-state index contributed by atoms with van der Waals surface area (Å²) in [5.74, 6) is 1.52. The molecule has 0 unspecified atom stereocenters. The molecular formula is C25H23Cl2NO3S. The van der Waals surface area contributed by atoms with Gasteiger partial charge in [-0.25, -0.2) is 0 Å². The topological polar surface area (TPSA) is 40.0 Å². The first-order valence-electron chi connectivity index (χ1n) is 10.0. The lowest BCUT2D eigenvalue weighted by Crippen LogP contribution is -2.13. The van der Waals surface area contributed by atoms with Crippen LogP contribution < -0.4 is 9.47 Å². The van der Waals surface area contributed by atoms with Crippen LogP contribution in [0.1, 0.15) is 12.5 Å². The van der Waals surface area contributed by atoms with Crippen LogP contribution in [0.25, 0.3) is 0 Å². The highest BCUT2D eigenvalue weighted by Crippen LogP contribution is 2.30. The highest BCUT2D eigenvalue weighted by atomic mass is 35.5. The second-order valence-corrected chi connectivity index (χ2v) is 8.61. The Kier molecular flexibility index (Phi) is 9.82. The van der Waals surface area contributed by atoms with E-state index in [0.717, 1.165) is 32.6 Å². The quantitative estimate of drug-likeness (QED) is 0.209. The van der Waals surface area contributed by atoms with Crippen molar-refractivity contribution in [3.63, 3.8) is 0 Å². The summed E-state index contributed by atoms with van der Waals surface area (Å²) in [5, 5.41) is 4.20. The Morgan fingerprint density at radius 3 is 2.00 bits per heavy atom. The maximum atomic E-state index is 5.93. The van der Waals surface area contributed by atoms with Crippen molar-refractivity contribution in [2.24, 2.45) is 5.16 Å². The van der Waals surface area contributed by atoms with Gasteiger partial charge in [0.05, 0.1) is 0 Å². The number of rotatable bonds is 11. The standard InChI is InChI=1S/C25H23Cl2NO3S/c1-2-31-28-24(19-6-4-3-5-7-19)18-30-21-10-14-23(15-11-21)32-22-12-8-20(9-13-22)29-17-16-25(26)27/h3-16H,2,17-18H2,1H3. The lowest BCUT2D eigenvalue weighted by atomic mass is 10.1. The highest BCUT2D eigenvalue weighted by molar-refractivity contribution is 7.99. The number of benzene rings is 3. The van der Waals surface area contributed by atoms with Gasteiger partial charge in [-0.15, -0.1) is 0 Å². The number of halogens is 2. The second kappa shape index (κ2) is 13.1. The summed E-state index contributed by atoms with van der Waals surface area (Å²) in [6.07, 6.45) is 1.60. The van der Waals surface area contributed by atoms with Crippen molar-refractivity contribution in [1.82, 2.24) is 0 Å². The lowest BCUT2D eigenvalue weighted by Gasteiger charge is -2.10. The van der Waals surface area contributed by atoms with E-state index in [4.69, 9.17) is 37.5 Å². The van der Waals surface area contributed by atoms with Crippen molar-refractivity contribution >= 4 is 40.7 Å². The van der Waals surface area contributed by atoms with E-state index in [0.29, 0.717) is 19.8 Å². The molecule has 0 aliphatic heterocycles. The van der Waals surface area contributed by atoms with Gasteiger partial charge in [0, 0.05) is 15.4 Å². The number of hydrogen-bond donors (Lipinski definition) is 0. The predicted molar refractivity (Wildman–Crippen MR) is 132 cm³/mol. The molecule has 0 amide bonds. The number of hydrogen-bond acceptors (Lipinski definition) is 5. The van der Waals surface area contributed by atoms with Gasteiger partial charge in [-0.3, -0.25) is 0 Å². The Balaban J connectivity index is 1.55. The van der Waals surface area contributed by atoms with E-state index >= 15 is 0 Å². The van der Waals surface area contributed by atoms with Gasteiger partial charge in [-0.05, 0) is 61.5 Å². The van der Waals surface area contributed by atoms with Crippen molar-refractivity contribution in [1.29, 1.82) is 0 Å². The summed E-state index contributed by atoms with van der Waals surface area (Å²) >= 11 is 12.8. The third kappa shape index (κ3) is 8.15. The monoisotopic (exact) mass is 487 g/mol. The maximum absolute atomic E-state index is 5.93. The van der Waals surface area contributed by atoms with E-state index in [-0.39, 0.29) is 4.49 Å². The second-order valence-electron chi connectivity index (χ2n) is 6.46. The van der Waals surface area contributed by atoms with Crippen LogP contribution in [0.5, 0.6) is 11.5 Å². The van der Waals surface area contributed by atoms with Crippen molar-refractivity contribution < 1.29 is 14.3 Å². The number of nitrogens with zero attached hydrogens (tertiary/aromatic N) is 1. The molecule has 166 valence electrons. The summed E-state index contributed by atoms with van der Waals surface area (Å²) in [7, 11) is 0. The zero-order valence-corrected chi connectivity index (χ0v) is 19.9. The molecule has 0 fully saturated rings. The average Bonchev–Trinajstić information content (AvgIpc) is 2.82. The van der Waals surface area contributed by atoms with Gasteiger partial charge in [-0.1, -0.05) is 70.5 Å². The maximum Gasteiger partial charge on any atom is 0.134 e. The Hall–Kier alpha value is -2.60. The number of ether oxygens (including phenoxy) is 2. The average molecular weight is 488 g/mol. The largest absolute Gasteiger partial charge is 0.489 e. The molecule has 0 aliphatic carbocycles. The summed E-state index contributed by atoms with van der Waals surface area (Å²) < 4.78 is 11.7. The summed E-state index contributed by atoms with van der Waals surface area (Å²) in [6, 6.07) is 25.7. The van der Waals surface area contributed by atoms with E-state index in [1.165, 1.54) is 0 Å². The molecule has 0 bridgehead atoms. The van der Waals surface area contributed by atoms with Crippen molar-refractivity contribution in [3.8, 4) is 11.5 Å². The van der Waals surface area contributed by atoms with Crippen molar-refractivity contribution in [3.05, 3.63) is 95.0 Å². The van der Waals surface area contributed by atoms with Crippen LogP contribution in [0.15, 0.2) is 104 Å². The molecule has 3 aromatic carbocycles. The minimum absolute atomic E-state index is 0.197. The molecular weight excluding hydrogens is 465 g/mol. The van der Waals surface area contributed by atoms with Crippen LogP contribution in [-0.2, 0) is 4.84 Å². The zero-order chi connectivity index (χ0) is 22.6. The molecule has 3 aromatic rings. The summed E-state index contributed by atoms with van der Waals surface area (Å²) in [5.41, 5.74) is 1.72. The molecule has 3 rings (SSSR count). The minimum Gasteiger partial charge on any atom is -0.489 e. The Bertz CT molecular complexity index is 1020. The Morgan fingerprint density at radius 1 is 0.844 bits per heavy atom. The lowest BCUT2D eigenvalue weighted by molar-refractivity contribution is 0.157. The van der Waals surface area contributed by atoms with Gasteiger partial charge >= 0.3 is 0 Å². The van der Waals surface area contributed by atoms with Crippen LogP contribution in [0.2, 0.25) is 0 Å². The van der Waals surface area contributed by atoms with E-state index in [1.54, 1.807) is 17.8 Å². The van der Waals surface area contributed by atoms with Gasteiger partial charge < -0.3 is 14.3 Å². The van der Waals surface area contributed by atoms with Crippen LogP contribution >= 0.6 is 35.0 Å². The fraction of sp³-hybridized carbons (Fsp3) is 0.160. The molecule has 0 atom stereocenters. The molecule has 32 heavy (non-hydrogen) atoms. The van der Waals surface area contributed by atoms with E-state index in [1.807, 2.05) is 85.8 Å². The van der Waals surface area contributed by atoms with Gasteiger partial charge in [0.1, 0.15) is 41.5 Å². The normalized spacial score (nSPS) is 11.0. The molecule has 0 N–H and O–H groups in total. The van der Waals surface area contributed by atoms with Crippen LogP contribution in [0.3, 0.4) is 0 Å². The fourth-order valence-corrected chi connectivity index (χ4v) is 3.57. The Labute approximate surface area is 202 Å². The predicted octanol–water partition coefficient (Wildman–Crippen LogP) is 7.36. The summed E-state index contributed by atoms with van der Waals surface area (Å²) in [4.78, 5) is 7.46.